The monoisotopic (exact) mass is 254 g/mol. The van der Waals surface area contributed by atoms with Crippen LogP contribution in [0, 0.1) is 0 Å². The van der Waals surface area contributed by atoms with E-state index < -0.39 is 0 Å². The maximum absolute atomic E-state index is 12.5. The maximum Gasteiger partial charge on any atom is 0.237 e. The van der Waals surface area contributed by atoms with Gasteiger partial charge in [0.05, 0.1) is 13.2 Å². The maximum atomic E-state index is 12.5. The van der Waals surface area contributed by atoms with Gasteiger partial charge in [-0.15, -0.1) is 0 Å². The predicted octanol–water partition coefficient (Wildman–Crippen LogP) is 1.23. The summed E-state index contributed by atoms with van der Waals surface area (Å²) in [5, 5.41) is 8.99. The van der Waals surface area contributed by atoms with Crippen LogP contribution < -0.4 is 0 Å². The molecule has 0 saturated heterocycles. The van der Waals surface area contributed by atoms with Crippen molar-refractivity contribution < 1.29 is 9.90 Å². The molecule has 104 valence electrons. The average molecular weight is 254 g/mol. The van der Waals surface area contributed by atoms with E-state index in [0.717, 1.165) is 6.54 Å². The van der Waals surface area contributed by atoms with Crippen LogP contribution in [-0.2, 0) is 4.79 Å². The number of carbonyl (C=O) groups excluding carboxylic acids is 1. The average Bonchev–Trinajstić information content (AvgIpc) is 3.04. The van der Waals surface area contributed by atoms with Crippen LogP contribution in [0.3, 0.4) is 0 Å². The highest BCUT2D eigenvalue weighted by Crippen LogP contribution is 2.34. The van der Waals surface area contributed by atoms with Gasteiger partial charge in [0.25, 0.3) is 0 Å². The van der Waals surface area contributed by atoms with Gasteiger partial charge in [-0.05, 0) is 32.2 Å². The molecular formula is C14H26N2O2. The summed E-state index contributed by atoms with van der Waals surface area (Å²) in [7, 11) is 0. The molecule has 0 aromatic carbocycles. The SMILES string of the molecule is CCN(CCO)CC(=O)N(C1CCCC1)C1CC1. The van der Waals surface area contributed by atoms with E-state index in [1.54, 1.807) is 0 Å². The number of rotatable bonds is 7. The third kappa shape index (κ3) is 3.45. The summed E-state index contributed by atoms with van der Waals surface area (Å²) in [4.78, 5) is 16.7. The van der Waals surface area contributed by atoms with E-state index in [2.05, 4.69) is 4.90 Å². The molecule has 18 heavy (non-hydrogen) atoms. The molecule has 0 bridgehead atoms. The van der Waals surface area contributed by atoms with Crippen LogP contribution in [-0.4, -0.2) is 59.1 Å². The fourth-order valence-corrected chi connectivity index (χ4v) is 3.00. The van der Waals surface area contributed by atoms with E-state index in [-0.39, 0.29) is 12.5 Å². The van der Waals surface area contributed by atoms with Crippen LogP contribution in [0.1, 0.15) is 45.4 Å². The lowest BCUT2D eigenvalue weighted by atomic mass is 10.2. The first-order valence-corrected chi connectivity index (χ1v) is 7.40. The number of likely N-dealkylation sites (N-methyl/N-ethyl adjacent to an activating group) is 1. The highest BCUT2D eigenvalue weighted by molar-refractivity contribution is 5.79. The Morgan fingerprint density at radius 1 is 1.17 bits per heavy atom. The number of carbonyl (C=O) groups is 1. The summed E-state index contributed by atoms with van der Waals surface area (Å²) < 4.78 is 0. The third-order valence-corrected chi connectivity index (χ3v) is 4.17. The number of hydrogen-bond donors (Lipinski definition) is 1. The molecule has 0 radical (unpaired) electrons. The van der Waals surface area contributed by atoms with E-state index in [1.807, 2.05) is 11.8 Å². The summed E-state index contributed by atoms with van der Waals surface area (Å²) in [6.07, 6.45) is 7.30. The molecule has 4 heteroatoms. The van der Waals surface area contributed by atoms with Crippen molar-refractivity contribution in [3.8, 4) is 0 Å². The zero-order valence-electron chi connectivity index (χ0n) is 11.5. The summed E-state index contributed by atoms with van der Waals surface area (Å²) in [5.41, 5.74) is 0. The number of hydrogen-bond acceptors (Lipinski definition) is 3. The Bertz CT molecular complexity index is 273. The molecular weight excluding hydrogens is 228 g/mol. The van der Waals surface area contributed by atoms with Gasteiger partial charge in [-0.25, -0.2) is 0 Å². The van der Waals surface area contributed by atoms with Crippen molar-refractivity contribution >= 4 is 5.91 Å². The van der Waals surface area contributed by atoms with Gasteiger partial charge < -0.3 is 10.0 Å². The predicted molar refractivity (Wildman–Crippen MR) is 71.3 cm³/mol. The van der Waals surface area contributed by atoms with E-state index >= 15 is 0 Å². The second-order valence-electron chi connectivity index (χ2n) is 5.56. The normalized spacial score (nSPS) is 20.6. The summed E-state index contributed by atoms with van der Waals surface area (Å²) in [5.74, 6) is 0.278. The molecule has 1 amide bonds. The van der Waals surface area contributed by atoms with Crippen molar-refractivity contribution in [2.24, 2.45) is 0 Å². The minimum Gasteiger partial charge on any atom is -0.395 e. The van der Waals surface area contributed by atoms with E-state index in [9.17, 15) is 4.79 Å². The number of aliphatic hydroxyl groups excluding tert-OH is 1. The molecule has 2 aliphatic carbocycles. The lowest BCUT2D eigenvalue weighted by Crippen LogP contribution is -2.46. The molecule has 4 nitrogen and oxygen atoms in total. The molecule has 0 spiro atoms. The van der Waals surface area contributed by atoms with Crippen molar-refractivity contribution in [3.63, 3.8) is 0 Å². The lowest BCUT2D eigenvalue weighted by molar-refractivity contribution is -0.135. The van der Waals surface area contributed by atoms with Gasteiger partial charge in [0.1, 0.15) is 0 Å². The zero-order chi connectivity index (χ0) is 13.0. The first-order valence-electron chi connectivity index (χ1n) is 7.40. The summed E-state index contributed by atoms with van der Waals surface area (Å²) in [6.45, 7) is 4.08. The minimum atomic E-state index is 0.133. The smallest absolute Gasteiger partial charge is 0.237 e. The molecule has 0 aliphatic heterocycles. The number of amides is 1. The Balaban J connectivity index is 1.90. The Morgan fingerprint density at radius 3 is 2.28 bits per heavy atom. The molecule has 0 atom stereocenters. The van der Waals surface area contributed by atoms with Crippen LogP contribution in [0.2, 0.25) is 0 Å². The zero-order valence-corrected chi connectivity index (χ0v) is 11.5. The van der Waals surface area contributed by atoms with Gasteiger partial charge in [0.15, 0.2) is 0 Å². The Kier molecular flexibility index (Phi) is 5.01. The molecule has 2 fully saturated rings. The van der Waals surface area contributed by atoms with Gasteiger partial charge in [-0.3, -0.25) is 9.69 Å². The number of nitrogens with zero attached hydrogens (tertiary/aromatic N) is 2. The Morgan fingerprint density at radius 2 is 1.78 bits per heavy atom. The molecule has 1 N–H and O–H groups in total. The molecule has 2 aliphatic rings. The molecule has 2 rings (SSSR count). The first-order chi connectivity index (χ1) is 8.76. The Labute approximate surface area is 110 Å². The topological polar surface area (TPSA) is 43.8 Å². The van der Waals surface area contributed by atoms with Gasteiger partial charge in [-0.2, -0.15) is 0 Å². The van der Waals surface area contributed by atoms with Crippen LogP contribution in [0.5, 0.6) is 0 Å². The summed E-state index contributed by atoms with van der Waals surface area (Å²) >= 11 is 0. The van der Waals surface area contributed by atoms with Gasteiger partial charge in [0, 0.05) is 18.6 Å². The summed E-state index contributed by atoms with van der Waals surface area (Å²) in [6, 6.07) is 1.02. The third-order valence-electron chi connectivity index (χ3n) is 4.17. The molecule has 0 aromatic heterocycles. The molecule has 0 aromatic rings. The van der Waals surface area contributed by atoms with Crippen LogP contribution in [0.4, 0.5) is 0 Å². The van der Waals surface area contributed by atoms with Crippen molar-refractivity contribution in [2.75, 3.05) is 26.2 Å². The second kappa shape index (κ2) is 6.53. The molecule has 2 saturated carbocycles. The second-order valence-corrected chi connectivity index (χ2v) is 5.56. The van der Waals surface area contributed by atoms with Crippen molar-refractivity contribution in [2.45, 2.75) is 57.5 Å². The first kappa shape index (κ1) is 13.8. The highest BCUT2D eigenvalue weighted by Gasteiger charge is 2.38. The van der Waals surface area contributed by atoms with Crippen molar-refractivity contribution in [1.29, 1.82) is 0 Å². The number of aliphatic hydroxyl groups is 1. The van der Waals surface area contributed by atoms with Crippen LogP contribution in [0.15, 0.2) is 0 Å². The van der Waals surface area contributed by atoms with E-state index in [0.29, 0.717) is 25.2 Å². The van der Waals surface area contributed by atoms with Crippen molar-refractivity contribution in [3.05, 3.63) is 0 Å². The quantitative estimate of drug-likeness (QED) is 0.743. The fraction of sp³-hybridized carbons (Fsp3) is 0.929. The van der Waals surface area contributed by atoms with Crippen LogP contribution >= 0.6 is 0 Å². The van der Waals surface area contributed by atoms with Crippen molar-refractivity contribution in [1.82, 2.24) is 9.80 Å². The van der Waals surface area contributed by atoms with E-state index in [4.69, 9.17) is 5.11 Å². The van der Waals surface area contributed by atoms with Crippen LogP contribution in [0.25, 0.3) is 0 Å². The minimum absolute atomic E-state index is 0.133. The van der Waals surface area contributed by atoms with E-state index in [1.165, 1.54) is 38.5 Å². The fourth-order valence-electron chi connectivity index (χ4n) is 3.00. The molecule has 0 unspecified atom stereocenters. The van der Waals surface area contributed by atoms with Gasteiger partial charge in [-0.1, -0.05) is 19.8 Å². The lowest BCUT2D eigenvalue weighted by Gasteiger charge is -2.31. The van der Waals surface area contributed by atoms with Gasteiger partial charge >= 0.3 is 0 Å². The van der Waals surface area contributed by atoms with Gasteiger partial charge in [0.2, 0.25) is 5.91 Å². The standard InChI is InChI=1S/C14H26N2O2/c1-2-15(9-10-17)11-14(18)16(13-7-8-13)12-5-3-4-6-12/h12-13,17H,2-11H2,1H3. The highest BCUT2D eigenvalue weighted by atomic mass is 16.3. The largest absolute Gasteiger partial charge is 0.395 e. The Hall–Kier alpha value is -0.610. The molecule has 0 heterocycles.